The SMILES string of the molecule is CCCC[C@]1(C)C=C(C)C(N)=C1C#N. The Morgan fingerprint density at radius 3 is 2.71 bits per heavy atom. The van der Waals surface area contributed by atoms with Crippen molar-refractivity contribution in [2.45, 2.75) is 40.0 Å². The highest BCUT2D eigenvalue weighted by Crippen LogP contribution is 2.42. The lowest BCUT2D eigenvalue weighted by Gasteiger charge is -2.21. The molecular weight excluding hydrogens is 172 g/mol. The van der Waals surface area contributed by atoms with Crippen molar-refractivity contribution in [3.8, 4) is 6.07 Å². The highest BCUT2D eigenvalue weighted by molar-refractivity contribution is 5.51. The Morgan fingerprint density at radius 1 is 1.57 bits per heavy atom. The van der Waals surface area contributed by atoms with E-state index in [1.807, 2.05) is 6.92 Å². The number of hydrogen-bond acceptors (Lipinski definition) is 2. The van der Waals surface area contributed by atoms with Gasteiger partial charge in [0.15, 0.2) is 0 Å². The second-order valence-electron chi connectivity index (χ2n) is 4.25. The van der Waals surface area contributed by atoms with E-state index in [9.17, 15) is 0 Å². The second-order valence-corrected chi connectivity index (χ2v) is 4.25. The predicted molar refractivity (Wildman–Crippen MR) is 58.2 cm³/mol. The van der Waals surface area contributed by atoms with E-state index in [1.165, 1.54) is 0 Å². The third-order valence-electron chi connectivity index (χ3n) is 2.96. The Kier molecular flexibility index (Phi) is 3.00. The normalized spacial score (nSPS) is 26.3. The van der Waals surface area contributed by atoms with Crippen molar-refractivity contribution in [3.63, 3.8) is 0 Å². The van der Waals surface area contributed by atoms with Crippen molar-refractivity contribution < 1.29 is 0 Å². The summed E-state index contributed by atoms with van der Waals surface area (Å²) in [5.41, 5.74) is 8.25. The molecule has 14 heavy (non-hydrogen) atoms. The zero-order chi connectivity index (χ0) is 10.8. The summed E-state index contributed by atoms with van der Waals surface area (Å²) < 4.78 is 0. The minimum Gasteiger partial charge on any atom is -0.398 e. The van der Waals surface area contributed by atoms with E-state index in [-0.39, 0.29) is 5.41 Å². The fraction of sp³-hybridized carbons (Fsp3) is 0.583. The molecule has 0 heterocycles. The first-order chi connectivity index (χ1) is 6.55. The predicted octanol–water partition coefficient (Wildman–Crippen LogP) is 2.88. The molecule has 1 atom stereocenters. The van der Waals surface area contributed by atoms with Gasteiger partial charge in [0.25, 0.3) is 0 Å². The van der Waals surface area contributed by atoms with Gasteiger partial charge in [0.2, 0.25) is 0 Å². The van der Waals surface area contributed by atoms with E-state index in [0.29, 0.717) is 5.70 Å². The summed E-state index contributed by atoms with van der Waals surface area (Å²) in [6, 6.07) is 2.25. The molecule has 2 N–H and O–H groups in total. The molecule has 1 aliphatic rings. The van der Waals surface area contributed by atoms with Gasteiger partial charge in [-0.05, 0) is 18.9 Å². The van der Waals surface area contributed by atoms with Crippen LogP contribution in [0, 0.1) is 16.7 Å². The molecule has 0 aliphatic heterocycles. The first-order valence-corrected chi connectivity index (χ1v) is 5.15. The molecule has 0 fully saturated rings. The number of allylic oxidation sites excluding steroid dienone is 3. The molecular formula is C12H18N2. The first-order valence-electron chi connectivity index (χ1n) is 5.15. The minimum atomic E-state index is -0.112. The van der Waals surface area contributed by atoms with Gasteiger partial charge in [-0.25, -0.2) is 0 Å². The van der Waals surface area contributed by atoms with Crippen molar-refractivity contribution >= 4 is 0 Å². The van der Waals surface area contributed by atoms with Crippen LogP contribution in [0.15, 0.2) is 22.9 Å². The number of unbranched alkanes of at least 4 members (excludes halogenated alkanes) is 1. The van der Waals surface area contributed by atoms with Gasteiger partial charge in [-0.3, -0.25) is 0 Å². The van der Waals surface area contributed by atoms with Crippen LogP contribution in [0.2, 0.25) is 0 Å². The number of rotatable bonds is 3. The van der Waals surface area contributed by atoms with Gasteiger partial charge in [0, 0.05) is 11.1 Å². The molecule has 2 heteroatoms. The van der Waals surface area contributed by atoms with Crippen molar-refractivity contribution in [3.05, 3.63) is 22.9 Å². The molecule has 0 spiro atoms. The summed E-state index contributed by atoms with van der Waals surface area (Å²) in [4.78, 5) is 0. The molecule has 0 aromatic heterocycles. The van der Waals surface area contributed by atoms with Crippen LogP contribution >= 0.6 is 0 Å². The molecule has 2 nitrogen and oxygen atoms in total. The Balaban J connectivity index is 2.97. The zero-order valence-corrected chi connectivity index (χ0v) is 9.22. The van der Waals surface area contributed by atoms with Gasteiger partial charge in [0.05, 0.1) is 11.6 Å². The van der Waals surface area contributed by atoms with E-state index in [1.54, 1.807) is 0 Å². The molecule has 0 aromatic carbocycles. The molecule has 1 aliphatic carbocycles. The maximum absolute atomic E-state index is 9.07. The summed E-state index contributed by atoms with van der Waals surface area (Å²) in [6.07, 6.45) is 5.45. The molecule has 0 saturated heterocycles. The van der Waals surface area contributed by atoms with Crippen LogP contribution in [0.1, 0.15) is 40.0 Å². The van der Waals surface area contributed by atoms with Crippen LogP contribution < -0.4 is 5.73 Å². The summed E-state index contributed by atoms with van der Waals surface area (Å²) in [6.45, 7) is 6.24. The lowest BCUT2D eigenvalue weighted by atomic mass is 9.80. The van der Waals surface area contributed by atoms with Crippen molar-refractivity contribution in [1.82, 2.24) is 0 Å². The van der Waals surface area contributed by atoms with Gasteiger partial charge >= 0.3 is 0 Å². The average Bonchev–Trinajstić information content (AvgIpc) is 2.35. The Bertz CT molecular complexity index is 331. The summed E-state index contributed by atoms with van der Waals surface area (Å²) in [7, 11) is 0. The third-order valence-corrected chi connectivity index (χ3v) is 2.96. The van der Waals surface area contributed by atoms with Crippen LogP contribution in [0.4, 0.5) is 0 Å². The monoisotopic (exact) mass is 190 g/mol. The Hall–Kier alpha value is -1.23. The lowest BCUT2D eigenvalue weighted by molar-refractivity contribution is 0.462. The maximum Gasteiger partial charge on any atom is 0.0978 e. The molecule has 0 unspecified atom stereocenters. The highest BCUT2D eigenvalue weighted by Gasteiger charge is 2.33. The van der Waals surface area contributed by atoms with E-state index in [4.69, 9.17) is 11.0 Å². The quantitative estimate of drug-likeness (QED) is 0.744. The van der Waals surface area contributed by atoms with Crippen molar-refractivity contribution in [1.29, 1.82) is 5.26 Å². The van der Waals surface area contributed by atoms with Crippen LogP contribution in [0.3, 0.4) is 0 Å². The van der Waals surface area contributed by atoms with E-state index in [0.717, 1.165) is 30.4 Å². The number of nitriles is 1. The fourth-order valence-corrected chi connectivity index (χ4v) is 2.06. The molecule has 0 bridgehead atoms. The summed E-state index contributed by atoms with van der Waals surface area (Å²) >= 11 is 0. The zero-order valence-electron chi connectivity index (χ0n) is 9.22. The highest BCUT2D eigenvalue weighted by atomic mass is 14.6. The summed E-state index contributed by atoms with van der Waals surface area (Å²) in [5, 5.41) is 9.07. The third kappa shape index (κ3) is 1.68. The first kappa shape index (κ1) is 10.8. The van der Waals surface area contributed by atoms with Crippen LogP contribution in [0.25, 0.3) is 0 Å². The van der Waals surface area contributed by atoms with Crippen LogP contribution in [-0.2, 0) is 0 Å². The van der Waals surface area contributed by atoms with Crippen molar-refractivity contribution in [2.24, 2.45) is 11.1 Å². The number of nitrogens with zero attached hydrogens (tertiary/aromatic N) is 1. The number of nitrogens with two attached hydrogens (primary N) is 1. The van der Waals surface area contributed by atoms with Gasteiger partial charge in [-0.2, -0.15) is 5.26 Å². The standard InChI is InChI=1S/C12H18N2/c1-4-5-6-12(3)7-9(2)11(14)10(12)8-13/h7H,4-6,14H2,1-3H3/t12-/m1/s1. The average molecular weight is 190 g/mol. The largest absolute Gasteiger partial charge is 0.398 e. The van der Waals surface area contributed by atoms with Gasteiger partial charge in [0.1, 0.15) is 0 Å². The fourth-order valence-electron chi connectivity index (χ4n) is 2.06. The molecule has 0 radical (unpaired) electrons. The molecule has 0 saturated carbocycles. The van der Waals surface area contributed by atoms with Gasteiger partial charge in [-0.1, -0.05) is 32.8 Å². The van der Waals surface area contributed by atoms with Crippen LogP contribution in [-0.4, -0.2) is 0 Å². The smallest absolute Gasteiger partial charge is 0.0978 e. The summed E-state index contributed by atoms with van der Waals surface area (Å²) in [5.74, 6) is 0. The minimum absolute atomic E-state index is 0.112. The Labute approximate surface area is 86.1 Å². The Morgan fingerprint density at radius 2 is 2.21 bits per heavy atom. The van der Waals surface area contributed by atoms with E-state index >= 15 is 0 Å². The molecule has 0 aromatic rings. The number of hydrogen-bond donors (Lipinski definition) is 1. The van der Waals surface area contributed by atoms with E-state index < -0.39 is 0 Å². The van der Waals surface area contributed by atoms with Gasteiger partial charge in [-0.15, -0.1) is 0 Å². The molecule has 1 rings (SSSR count). The molecule has 76 valence electrons. The van der Waals surface area contributed by atoms with Crippen molar-refractivity contribution in [2.75, 3.05) is 0 Å². The molecule has 0 amide bonds. The second kappa shape index (κ2) is 3.88. The van der Waals surface area contributed by atoms with E-state index in [2.05, 4.69) is 26.0 Å². The lowest BCUT2D eigenvalue weighted by Crippen LogP contribution is -2.14. The maximum atomic E-state index is 9.07. The topological polar surface area (TPSA) is 49.8 Å². The van der Waals surface area contributed by atoms with Crippen LogP contribution in [0.5, 0.6) is 0 Å². The van der Waals surface area contributed by atoms with Gasteiger partial charge < -0.3 is 5.73 Å².